The summed E-state index contributed by atoms with van der Waals surface area (Å²) < 4.78 is 6.95. The van der Waals surface area contributed by atoms with Crippen LogP contribution in [0.15, 0.2) is 30.5 Å². The number of rotatable bonds is 4. The van der Waals surface area contributed by atoms with Gasteiger partial charge in [0.25, 0.3) is 5.91 Å². The first kappa shape index (κ1) is 13.1. The van der Waals surface area contributed by atoms with Gasteiger partial charge in [0.05, 0.1) is 19.3 Å². The zero-order valence-electron chi connectivity index (χ0n) is 11.3. The molecule has 19 heavy (non-hydrogen) atoms. The number of nitrogens with one attached hydrogen (secondary N) is 1. The number of aryl methyl sites for hydroxylation is 1. The van der Waals surface area contributed by atoms with Gasteiger partial charge in [-0.2, -0.15) is 5.10 Å². The van der Waals surface area contributed by atoms with Crippen molar-refractivity contribution in [2.24, 2.45) is 7.05 Å². The lowest BCUT2D eigenvalue weighted by Gasteiger charge is -2.10. The molecule has 2 rings (SSSR count). The van der Waals surface area contributed by atoms with Gasteiger partial charge in [-0.1, -0.05) is 6.07 Å². The fourth-order valence-corrected chi connectivity index (χ4v) is 1.92. The Hall–Kier alpha value is -2.30. The molecule has 0 unspecified atom stereocenters. The average molecular weight is 259 g/mol. The molecule has 2 aromatic rings. The summed E-state index contributed by atoms with van der Waals surface area (Å²) in [5.41, 5.74) is 2.42. The van der Waals surface area contributed by atoms with Gasteiger partial charge >= 0.3 is 0 Å². The molecule has 1 aromatic heterocycles. The van der Waals surface area contributed by atoms with Gasteiger partial charge in [-0.05, 0) is 25.1 Å². The molecule has 0 aliphatic heterocycles. The Balaban J connectivity index is 2.10. The highest BCUT2D eigenvalue weighted by Gasteiger charge is 2.12. The molecule has 0 aliphatic rings. The molecule has 1 aromatic carbocycles. The normalized spacial score (nSPS) is 10.3. The SMILES string of the molecule is COc1cccc(C(=O)NCc2ccnn2C)c1C. The maximum atomic E-state index is 12.1. The number of nitrogens with zero attached hydrogens (tertiary/aromatic N) is 2. The van der Waals surface area contributed by atoms with E-state index in [4.69, 9.17) is 4.74 Å². The van der Waals surface area contributed by atoms with Crippen molar-refractivity contribution in [3.05, 3.63) is 47.3 Å². The maximum absolute atomic E-state index is 12.1. The van der Waals surface area contributed by atoms with E-state index in [0.717, 1.165) is 11.3 Å². The highest BCUT2D eigenvalue weighted by Crippen LogP contribution is 2.20. The second-order valence-electron chi connectivity index (χ2n) is 4.26. The van der Waals surface area contributed by atoms with E-state index in [1.165, 1.54) is 0 Å². The number of benzene rings is 1. The fraction of sp³-hybridized carbons (Fsp3) is 0.286. The zero-order valence-corrected chi connectivity index (χ0v) is 11.3. The molecule has 0 fully saturated rings. The minimum atomic E-state index is -0.113. The number of carbonyl (C=O) groups is 1. The predicted molar refractivity (Wildman–Crippen MR) is 72.1 cm³/mol. The standard InChI is InChI=1S/C14H17N3O2/c1-10-12(5-4-6-13(10)19-3)14(18)15-9-11-7-8-16-17(11)2/h4-8H,9H2,1-3H3,(H,15,18). The molecule has 5 nitrogen and oxygen atoms in total. The monoisotopic (exact) mass is 259 g/mol. The molecule has 0 bridgehead atoms. The summed E-state index contributed by atoms with van der Waals surface area (Å²) in [5.74, 6) is 0.603. The molecule has 0 spiro atoms. The summed E-state index contributed by atoms with van der Waals surface area (Å²) in [6.07, 6.45) is 1.71. The van der Waals surface area contributed by atoms with Gasteiger partial charge in [-0.3, -0.25) is 9.48 Å². The minimum absolute atomic E-state index is 0.113. The van der Waals surface area contributed by atoms with Gasteiger partial charge < -0.3 is 10.1 Å². The summed E-state index contributed by atoms with van der Waals surface area (Å²) in [7, 11) is 3.44. The molecule has 0 aliphatic carbocycles. The first-order chi connectivity index (χ1) is 9.13. The first-order valence-corrected chi connectivity index (χ1v) is 6.02. The Kier molecular flexibility index (Phi) is 3.85. The number of hydrogen-bond donors (Lipinski definition) is 1. The molecular weight excluding hydrogens is 242 g/mol. The van der Waals surface area contributed by atoms with Crippen LogP contribution in [0.2, 0.25) is 0 Å². The van der Waals surface area contributed by atoms with Gasteiger partial charge in [0.15, 0.2) is 0 Å². The molecule has 0 saturated heterocycles. The molecule has 5 heteroatoms. The summed E-state index contributed by atoms with van der Waals surface area (Å²) in [6.45, 7) is 2.32. The number of ether oxygens (including phenoxy) is 1. The minimum Gasteiger partial charge on any atom is -0.496 e. The summed E-state index contributed by atoms with van der Waals surface area (Å²) in [4.78, 5) is 12.1. The van der Waals surface area contributed by atoms with Crippen LogP contribution >= 0.6 is 0 Å². The maximum Gasteiger partial charge on any atom is 0.252 e. The number of carbonyl (C=O) groups excluding carboxylic acids is 1. The Bertz CT molecular complexity index is 590. The van der Waals surface area contributed by atoms with Gasteiger partial charge in [0.2, 0.25) is 0 Å². The van der Waals surface area contributed by atoms with Gasteiger partial charge in [-0.15, -0.1) is 0 Å². The Morgan fingerprint density at radius 2 is 2.21 bits per heavy atom. The van der Waals surface area contributed by atoms with Crippen LogP contribution in [0.3, 0.4) is 0 Å². The van der Waals surface area contributed by atoms with E-state index >= 15 is 0 Å². The third-order valence-electron chi connectivity index (χ3n) is 3.10. The smallest absolute Gasteiger partial charge is 0.252 e. The zero-order chi connectivity index (χ0) is 13.8. The van der Waals surface area contributed by atoms with Gasteiger partial charge in [0, 0.05) is 24.4 Å². The van der Waals surface area contributed by atoms with E-state index in [0.29, 0.717) is 17.9 Å². The van der Waals surface area contributed by atoms with Crippen molar-refractivity contribution in [2.75, 3.05) is 7.11 Å². The molecule has 0 radical (unpaired) electrons. The second-order valence-corrected chi connectivity index (χ2v) is 4.26. The summed E-state index contributed by atoms with van der Waals surface area (Å²) in [6, 6.07) is 7.31. The topological polar surface area (TPSA) is 56.1 Å². The van der Waals surface area contributed by atoms with Crippen LogP contribution in [0.4, 0.5) is 0 Å². The average Bonchev–Trinajstić information content (AvgIpc) is 2.82. The van der Waals surface area contributed by atoms with Crippen LogP contribution in [0.5, 0.6) is 5.75 Å². The Morgan fingerprint density at radius 3 is 2.84 bits per heavy atom. The number of hydrogen-bond acceptors (Lipinski definition) is 3. The van der Waals surface area contributed by atoms with Gasteiger partial charge in [0.1, 0.15) is 5.75 Å². The van der Waals surface area contributed by atoms with Crippen molar-refractivity contribution in [1.29, 1.82) is 0 Å². The van der Waals surface area contributed by atoms with Crippen molar-refractivity contribution >= 4 is 5.91 Å². The summed E-state index contributed by atoms with van der Waals surface area (Å²) >= 11 is 0. The largest absolute Gasteiger partial charge is 0.496 e. The quantitative estimate of drug-likeness (QED) is 0.908. The lowest BCUT2D eigenvalue weighted by Crippen LogP contribution is -2.24. The molecule has 1 heterocycles. The van der Waals surface area contributed by atoms with Crippen LogP contribution in [0, 0.1) is 6.92 Å². The molecule has 100 valence electrons. The number of aromatic nitrogens is 2. The van der Waals surface area contributed by atoms with Crippen LogP contribution in [-0.4, -0.2) is 22.8 Å². The molecule has 1 N–H and O–H groups in total. The molecule has 1 amide bonds. The molecule has 0 atom stereocenters. The van der Waals surface area contributed by atoms with E-state index in [1.54, 1.807) is 24.1 Å². The third-order valence-corrected chi connectivity index (χ3v) is 3.10. The van der Waals surface area contributed by atoms with E-state index in [1.807, 2.05) is 32.2 Å². The summed E-state index contributed by atoms with van der Waals surface area (Å²) in [5, 5.41) is 6.94. The predicted octanol–water partition coefficient (Wildman–Crippen LogP) is 1.67. The highest BCUT2D eigenvalue weighted by atomic mass is 16.5. The van der Waals surface area contributed by atoms with Crippen molar-refractivity contribution in [1.82, 2.24) is 15.1 Å². The van der Waals surface area contributed by atoms with E-state index in [2.05, 4.69) is 10.4 Å². The van der Waals surface area contributed by atoms with Crippen LogP contribution in [0.1, 0.15) is 21.6 Å². The lowest BCUT2D eigenvalue weighted by molar-refractivity contribution is 0.0949. The Morgan fingerprint density at radius 1 is 1.42 bits per heavy atom. The van der Waals surface area contributed by atoms with Crippen molar-refractivity contribution in [3.63, 3.8) is 0 Å². The third kappa shape index (κ3) is 2.76. The number of methoxy groups -OCH3 is 1. The van der Waals surface area contributed by atoms with Crippen LogP contribution < -0.4 is 10.1 Å². The number of amides is 1. The fourth-order valence-electron chi connectivity index (χ4n) is 1.92. The molecular formula is C14H17N3O2. The van der Waals surface area contributed by atoms with Gasteiger partial charge in [-0.25, -0.2) is 0 Å². The van der Waals surface area contributed by atoms with Crippen LogP contribution in [0.25, 0.3) is 0 Å². The van der Waals surface area contributed by atoms with E-state index in [-0.39, 0.29) is 5.91 Å². The second kappa shape index (κ2) is 5.56. The van der Waals surface area contributed by atoms with E-state index in [9.17, 15) is 4.79 Å². The highest BCUT2D eigenvalue weighted by molar-refractivity contribution is 5.96. The van der Waals surface area contributed by atoms with E-state index < -0.39 is 0 Å². The van der Waals surface area contributed by atoms with Crippen molar-refractivity contribution < 1.29 is 9.53 Å². The lowest BCUT2D eigenvalue weighted by atomic mass is 10.1. The molecule has 0 saturated carbocycles. The first-order valence-electron chi connectivity index (χ1n) is 6.02. The Labute approximate surface area is 112 Å². The van der Waals surface area contributed by atoms with Crippen molar-refractivity contribution in [3.8, 4) is 5.75 Å². The van der Waals surface area contributed by atoms with Crippen LogP contribution in [-0.2, 0) is 13.6 Å². The van der Waals surface area contributed by atoms with Crippen molar-refractivity contribution in [2.45, 2.75) is 13.5 Å².